The zero-order chi connectivity index (χ0) is 26.3. The number of non-ortho nitro benzene ring substituents is 1. The van der Waals surface area contributed by atoms with E-state index in [9.17, 15) is 29.3 Å². The summed E-state index contributed by atoms with van der Waals surface area (Å²) in [5, 5.41) is 12.9. The molecule has 2 fully saturated rings. The third kappa shape index (κ3) is 5.06. The minimum Gasteiger partial charge on any atom is -0.292 e. The fourth-order valence-electron chi connectivity index (χ4n) is 4.36. The Labute approximate surface area is 232 Å². The number of rotatable bonds is 6. The number of benzene rings is 2. The fourth-order valence-corrected chi connectivity index (χ4v) is 6.11. The van der Waals surface area contributed by atoms with Gasteiger partial charge in [-0.05, 0) is 43.2 Å². The number of carbonyl (C=O) groups is 4. The van der Waals surface area contributed by atoms with E-state index in [1.807, 2.05) is 0 Å². The lowest BCUT2D eigenvalue weighted by Gasteiger charge is -2.30. The zero-order valence-corrected chi connectivity index (χ0v) is 23.0. The average Bonchev–Trinajstić information content (AvgIpc) is 3.06. The molecule has 1 saturated carbocycles. The molecule has 1 aliphatic carbocycles. The van der Waals surface area contributed by atoms with Gasteiger partial charge in [-0.2, -0.15) is 5.01 Å². The molecule has 3 amide bonds. The van der Waals surface area contributed by atoms with Crippen molar-refractivity contribution < 1.29 is 24.1 Å². The first-order chi connectivity index (χ1) is 17.0. The van der Waals surface area contributed by atoms with Crippen LogP contribution in [0.1, 0.15) is 33.6 Å². The molecule has 0 aromatic heterocycles. The quantitative estimate of drug-likeness (QED) is 0.140. The van der Waals surface area contributed by atoms with Crippen LogP contribution in [0.5, 0.6) is 0 Å². The van der Waals surface area contributed by atoms with Crippen molar-refractivity contribution in [3.63, 3.8) is 0 Å². The molecule has 2 aliphatic rings. The molecule has 0 radical (unpaired) electrons. The first-order valence-electron chi connectivity index (χ1n) is 10.7. The molecule has 0 bridgehead atoms. The SMILES string of the molecule is O=C(CN(C(=O)c1ccc([N+](=O)[O-])cc1)N1C(=O)[C@@H]2C[C@@H](Br)[C@@H](Br)C[C@H]2C1=O)c1ccc(Cl)cc1Cl. The number of amides is 3. The zero-order valence-electron chi connectivity index (χ0n) is 18.3. The predicted molar refractivity (Wildman–Crippen MR) is 138 cm³/mol. The van der Waals surface area contributed by atoms with Crippen LogP contribution in [0.25, 0.3) is 0 Å². The van der Waals surface area contributed by atoms with Gasteiger partial charge in [-0.25, -0.2) is 5.01 Å². The molecule has 0 unspecified atom stereocenters. The summed E-state index contributed by atoms with van der Waals surface area (Å²) in [7, 11) is 0. The lowest BCUT2D eigenvalue weighted by molar-refractivity contribution is -0.384. The van der Waals surface area contributed by atoms with Gasteiger partial charge in [0.1, 0.15) is 6.54 Å². The van der Waals surface area contributed by atoms with E-state index in [2.05, 4.69) is 31.9 Å². The molecule has 0 spiro atoms. The first kappa shape index (κ1) is 26.7. The highest BCUT2D eigenvalue weighted by Gasteiger charge is 2.54. The summed E-state index contributed by atoms with van der Waals surface area (Å²) in [6.07, 6.45) is 0.746. The summed E-state index contributed by atoms with van der Waals surface area (Å²) in [6, 6.07) is 8.87. The monoisotopic (exact) mass is 659 g/mol. The van der Waals surface area contributed by atoms with E-state index >= 15 is 0 Å². The lowest BCUT2D eigenvalue weighted by atomic mass is 9.81. The third-order valence-corrected chi connectivity index (χ3v) is 9.50. The van der Waals surface area contributed by atoms with E-state index < -0.39 is 46.8 Å². The van der Waals surface area contributed by atoms with Crippen LogP contribution in [0.15, 0.2) is 42.5 Å². The molecule has 36 heavy (non-hydrogen) atoms. The van der Waals surface area contributed by atoms with Crippen molar-refractivity contribution >= 4 is 84.3 Å². The van der Waals surface area contributed by atoms with Gasteiger partial charge in [0.25, 0.3) is 23.4 Å². The normalized spacial score (nSPS) is 23.4. The minimum absolute atomic E-state index is 0.0391. The van der Waals surface area contributed by atoms with E-state index in [0.717, 1.165) is 22.2 Å². The maximum Gasteiger partial charge on any atom is 0.273 e. The molecule has 2 aromatic carbocycles. The number of ketones is 1. The van der Waals surface area contributed by atoms with E-state index in [4.69, 9.17) is 23.2 Å². The van der Waals surface area contributed by atoms with Gasteiger partial charge < -0.3 is 0 Å². The number of fused-ring (bicyclic) bond motifs is 1. The van der Waals surface area contributed by atoms with Crippen LogP contribution in [-0.2, 0) is 9.59 Å². The second-order valence-electron chi connectivity index (χ2n) is 8.42. The molecule has 1 heterocycles. The van der Waals surface area contributed by atoms with E-state index in [1.54, 1.807) is 0 Å². The largest absolute Gasteiger partial charge is 0.292 e. The fraction of sp³-hybridized carbons (Fsp3) is 0.304. The number of nitrogens with zero attached hydrogens (tertiary/aromatic N) is 3. The maximum atomic E-state index is 13.5. The standard InChI is InChI=1S/C23H17Br2Cl2N3O6/c24-17-8-15-16(9-18(17)25)23(34)29(22(15)33)28(10-20(31)14-6-3-12(26)7-19(14)27)21(32)11-1-4-13(5-2-11)30(35)36/h1-7,15-18H,8-10H2/t15-,16-,17-,18+/m1/s1. The number of carbonyl (C=O) groups excluding carboxylic acids is 4. The molecule has 2 aromatic rings. The van der Waals surface area contributed by atoms with Gasteiger partial charge in [-0.3, -0.25) is 29.3 Å². The van der Waals surface area contributed by atoms with Crippen molar-refractivity contribution in [1.29, 1.82) is 0 Å². The lowest BCUT2D eigenvalue weighted by Crippen LogP contribution is -2.52. The average molecular weight is 662 g/mol. The van der Waals surface area contributed by atoms with Crippen molar-refractivity contribution in [3.8, 4) is 0 Å². The Morgan fingerprint density at radius 3 is 2.06 bits per heavy atom. The van der Waals surface area contributed by atoms with Crippen LogP contribution in [-0.4, -0.2) is 54.6 Å². The van der Waals surface area contributed by atoms with Gasteiger partial charge in [-0.1, -0.05) is 55.1 Å². The molecule has 188 valence electrons. The smallest absolute Gasteiger partial charge is 0.273 e. The summed E-state index contributed by atoms with van der Waals surface area (Å²) >= 11 is 19.1. The molecular formula is C23H17Br2Cl2N3O6. The minimum atomic E-state index is -0.838. The highest BCUT2D eigenvalue weighted by molar-refractivity contribution is 9.12. The topological polar surface area (TPSA) is 118 Å². The molecule has 13 heteroatoms. The van der Waals surface area contributed by atoms with Crippen LogP contribution in [0.3, 0.4) is 0 Å². The van der Waals surface area contributed by atoms with Gasteiger partial charge in [0.15, 0.2) is 5.78 Å². The van der Waals surface area contributed by atoms with Crippen LogP contribution in [0.2, 0.25) is 10.0 Å². The van der Waals surface area contributed by atoms with Crippen LogP contribution in [0.4, 0.5) is 5.69 Å². The number of hydrazine groups is 1. The highest BCUT2D eigenvalue weighted by Crippen LogP contribution is 2.43. The Balaban J connectivity index is 1.71. The Kier molecular flexibility index (Phi) is 7.84. The van der Waals surface area contributed by atoms with Crippen LogP contribution >= 0.6 is 55.1 Å². The Morgan fingerprint density at radius 2 is 1.56 bits per heavy atom. The van der Waals surface area contributed by atoms with Gasteiger partial charge in [0.2, 0.25) is 0 Å². The summed E-state index contributed by atoms with van der Waals surface area (Å²) in [4.78, 5) is 63.8. The number of nitro benzene ring substituents is 1. The molecule has 1 aliphatic heterocycles. The Hall–Kier alpha value is -2.34. The van der Waals surface area contributed by atoms with Crippen molar-refractivity contribution in [2.75, 3.05) is 6.54 Å². The second kappa shape index (κ2) is 10.6. The predicted octanol–water partition coefficient (Wildman–Crippen LogP) is 5.06. The maximum absolute atomic E-state index is 13.5. The van der Waals surface area contributed by atoms with Crippen LogP contribution < -0.4 is 0 Å². The first-order valence-corrected chi connectivity index (χ1v) is 13.3. The van der Waals surface area contributed by atoms with Gasteiger partial charge in [0, 0.05) is 37.9 Å². The molecular weight excluding hydrogens is 645 g/mol. The van der Waals surface area contributed by atoms with Crippen molar-refractivity contribution in [3.05, 3.63) is 73.8 Å². The highest BCUT2D eigenvalue weighted by atomic mass is 79.9. The van der Waals surface area contributed by atoms with Gasteiger partial charge >= 0.3 is 0 Å². The number of hydrogen-bond donors (Lipinski definition) is 0. The second-order valence-corrected chi connectivity index (χ2v) is 11.6. The molecule has 4 rings (SSSR count). The van der Waals surface area contributed by atoms with Crippen LogP contribution in [0, 0.1) is 22.0 Å². The van der Waals surface area contributed by atoms with Crippen molar-refractivity contribution in [2.45, 2.75) is 22.5 Å². The third-order valence-electron chi connectivity index (χ3n) is 6.21. The number of alkyl halides is 2. The van der Waals surface area contributed by atoms with E-state index in [1.165, 1.54) is 30.3 Å². The Bertz CT molecular complexity index is 1250. The summed E-state index contributed by atoms with van der Waals surface area (Å²) in [6.45, 7) is -0.663. The van der Waals surface area contributed by atoms with E-state index in [0.29, 0.717) is 17.9 Å². The van der Waals surface area contributed by atoms with Crippen molar-refractivity contribution in [2.24, 2.45) is 11.8 Å². The molecule has 4 atom stereocenters. The summed E-state index contributed by atoms with van der Waals surface area (Å²) in [5.74, 6) is -3.94. The van der Waals surface area contributed by atoms with E-state index in [-0.39, 0.29) is 31.5 Å². The number of nitro groups is 1. The summed E-state index contributed by atoms with van der Waals surface area (Å²) < 4.78 is 0. The van der Waals surface area contributed by atoms with Gasteiger partial charge in [-0.15, -0.1) is 0 Å². The number of imide groups is 1. The molecule has 1 saturated heterocycles. The molecule has 9 nitrogen and oxygen atoms in total. The Morgan fingerprint density at radius 1 is 1.00 bits per heavy atom. The molecule has 0 N–H and O–H groups in total. The number of halogens is 4. The summed E-state index contributed by atoms with van der Waals surface area (Å²) in [5.41, 5.74) is -0.226. The number of hydrogen-bond acceptors (Lipinski definition) is 6. The van der Waals surface area contributed by atoms with Gasteiger partial charge in [0.05, 0.1) is 21.8 Å². The van der Waals surface area contributed by atoms with Crippen molar-refractivity contribution in [1.82, 2.24) is 10.0 Å². The number of Topliss-reactive ketones (excluding diaryl/α,β-unsaturated/α-hetero) is 1.